The van der Waals surface area contributed by atoms with Gasteiger partial charge < -0.3 is 45.1 Å². The Morgan fingerprint density at radius 2 is 1.52 bits per heavy atom. The molecule has 0 saturated carbocycles. The molecule has 0 bridgehead atoms. The number of ether oxygens (including phenoxy) is 4. The van der Waals surface area contributed by atoms with E-state index in [9.17, 15) is 24.6 Å². The van der Waals surface area contributed by atoms with E-state index in [-0.39, 0.29) is 61.1 Å². The van der Waals surface area contributed by atoms with Crippen LogP contribution in [-0.4, -0.2) is 115 Å². The molecule has 14 heteroatoms. The van der Waals surface area contributed by atoms with Gasteiger partial charge in [-0.1, -0.05) is 6.42 Å². The molecule has 0 aromatic carbocycles. The lowest BCUT2D eigenvalue weighted by Gasteiger charge is -2.16. The van der Waals surface area contributed by atoms with Crippen molar-refractivity contribution in [3.05, 3.63) is 12.1 Å². The molecule has 0 aliphatic carbocycles. The van der Waals surface area contributed by atoms with Gasteiger partial charge in [-0.2, -0.15) is 11.8 Å². The third-order valence-electron chi connectivity index (χ3n) is 6.56. The average molecular weight is 587 g/mol. The van der Waals surface area contributed by atoms with E-state index in [4.69, 9.17) is 18.9 Å². The number of hydrogen-bond acceptors (Lipinski definition) is 10. The molecule has 3 atom stereocenters. The molecule has 40 heavy (non-hydrogen) atoms. The molecule has 2 fully saturated rings. The summed E-state index contributed by atoms with van der Waals surface area (Å²) in [6.45, 7) is 3.44. The number of amides is 3. The fraction of sp³-hybridized carbons (Fsp3) is 0.731. The molecule has 3 heterocycles. The molecule has 5 N–H and O–H groups in total. The summed E-state index contributed by atoms with van der Waals surface area (Å²) in [7, 11) is 0. The predicted octanol–water partition coefficient (Wildman–Crippen LogP) is 0.767. The molecule has 13 nitrogen and oxygen atoms in total. The van der Waals surface area contributed by atoms with Crippen LogP contribution >= 0.6 is 11.8 Å². The summed E-state index contributed by atoms with van der Waals surface area (Å²) in [6, 6.07) is 3.03. The molecule has 2 aliphatic rings. The normalized spacial score (nSPS) is 19.8. The number of rotatable bonds is 22. The summed E-state index contributed by atoms with van der Waals surface area (Å²) in [4.78, 5) is 35.3. The fourth-order valence-electron chi connectivity index (χ4n) is 4.44. The van der Waals surface area contributed by atoms with Crippen molar-refractivity contribution in [2.24, 2.45) is 0 Å². The Hall–Kier alpha value is -2.52. The topological polar surface area (TPSA) is 170 Å². The minimum absolute atomic E-state index is 0.0258. The van der Waals surface area contributed by atoms with Gasteiger partial charge in [0.2, 0.25) is 5.91 Å². The van der Waals surface area contributed by atoms with Gasteiger partial charge >= 0.3 is 6.03 Å². The highest BCUT2D eigenvalue weighted by atomic mass is 32.2. The van der Waals surface area contributed by atoms with E-state index in [1.165, 1.54) is 12.1 Å². The molecule has 2 saturated heterocycles. The number of hydrogen-bond donors (Lipinski definition) is 5. The molecule has 3 amide bonds. The molecular formula is C26H42N4O9S. The van der Waals surface area contributed by atoms with Gasteiger partial charge in [-0.25, -0.2) is 4.79 Å². The maximum atomic E-state index is 12.0. The van der Waals surface area contributed by atoms with E-state index in [0.29, 0.717) is 64.5 Å². The smallest absolute Gasteiger partial charge is 0.315 e. The van der Waals surface area contributed by atoms with Crippen molar-refractivity contribution in [2.75, 3.05) is 65.2 Å². The summed E-state index contributed by atoms with van der Waals surface area (Å²) in [5.41, 5.74) is 0. The van der Waals surface area contributed by atoms with Crippen molar-refractivity contribution in [1.82, 2.24) is 20.5 Å². The quantitative estimate of drug-likeness (QED) is 0.0966. The Balaban J connectivity index is 1.01. The molecule has 0 radical (unpaired) electrons. The van der Waals surface area contributed by atoms with Crippen molar-refractivity contribution in [1.29, 1.82) is 0 Å². The SMILES string of the molecule is O=C(CCOCCOCCOCCOCCNC(=O)CCCC[C@@H]1SC[C@@H]2NC(=O)N[C@@H]21)Cn1c(O)ccc1O. The van der Waals surface area contributed by atoms with Crippen LogP contribution in [0.15, 0.2) is 12.1 Å². The highest BCUT2D eigenvalue weighted by Crippen LogP contribution is 2.33. The number of fused-ring (bicyclic) bond motifs is 1. The summed E-state index contributed by atoms with van der Waals surface area (Å²) in [5, 5.41) is 28.3. The average Bonchev–Trinajstić information content (AvgIpc) is 3.58. The number of aromatic nitrogens is 1. The molecule has 1 aromatic heterocycles. The number of unbranched alkanes of at least 4 members (excludes halogenated alkanes) is 1. The second-order valence-corrected chi connectivity index (χ2v) is 10.9. The number of nitrogens with one attached hydrogen (secondary N) is 3. The molecule has 0 spiro atoms. The highest BCUT2D eigenvalue weighted by molar-refractivity contribution is 8.00. The minimum Gasteiger partial charge on any atom is -0.494 e. The van der Waals surface area contributed by atoms with Crippen molar-refractivity contribution < 1.29 is 43.5 Å². The first-order valence-electron chi connectivity index (χ1n) is 13.8. The van der Waals surface area contributed by atoms with Crippen LogP contribution in [0.25, 0.3) is 0 Å². The number of urea groups is 1. The summed E-state index contributed by atoms with van der Waals surface area (Å²) in [5.74, 6) is 0.497. The van der Waals surface area contributed by atoms with Crippen LogP contribution in [0.2, 0.25) is 0 Å². The van der Waals surface area contributed by atoms with E-state index < -0.39 is 0 Å². The van der Waals surface area contributed by atoms with Crippen molar-refractivity contribution in [2.45, 2.75) is 56.0 Å². The van der Waals surface area contributed by atoms with Crippen LogP contribution in [-0.2, 0) is 35.1 Å². The molecule has 1 aromatic rings. The van der Waals surface area contributed by atoms with Crippen molar-refractivity contribution >= 4 is 29.5 Å². The summed E-state index contributed by atoms with van der Waals surface area (Å²) >= 11 is 1.89. The number of aromatic hydroxyl groups is 2. The molecular weight excluding hydrogens is 544 g/mol. The number of nitrogens with zero attached hydrogens (tertiary/aromatic N) is 1. The second-order valence-electron chi connectivity index (χ2n) is 9.59. The fourth-order valence-corrected chi connectivity index (χ4v) is 5.98. The number of carbonyl (C=O) groups is 3. The van der Waals surface area contributed by atoms with Crippen molar-refractivity contribution in [3.8, 4) is 11.8 Å². The zero-order valence-electron chi connectivity index (χ0n) is 22.8. The minimum atomic E-state index is -0.163. The van der Waals surface area contributed by atoms with Crippen LogP contribution in [0.5, 0.6) is 11.8 Å². The van der Waals surface area contributed by atoms with Gasteiger partial charge in [0.1, 0.15) is 0 Å². The Morgan fingerprint density at radius 3 is 2.20 bits per heavy atom. The lowest BCUT2D eigenvalue weighted by Crippen LogP contribution is -2.36. The number of Topliss-reactive ketones (excluding diaryl/α,β-unsaturated/α-hetero) is 1. The Kier molecular flexibility index (Phi) is 14.4. The maximum Gasteiger partial charge on any atom is 0.315 e. The number of ketones is 1. The predicted molar refractivity (Wildman–Crippen MR) is 148 cm³/mol. The molecule has 3 rings (SSSR count). The lowest BCUT2D eigenvalue weighted by molar-refractivity contribution is -0.122. The van der Waals surface area contributed by atoms with Crippen LogP contribution in [0, 0.1) is 0 Å². The lowest BCUT2D eigenvalue weighted by atomic mass is 10.0. The molecule has 2 aliphatic heterocycles. The monoisotopic (exact) mass is 586 g/mol. The first-order chi connectivity index (χ1) is 19.4. The third-order valence-corrected chi connectivity index (χ3v) is 8.07. The van der Waals surface area contributed by atoms with Gasteiger partial charge in [-0.05, 0) is 12.8 Å². The molecule has 0 unspecified atom stereocenters. The Morgan fingerprint density at radius 1 is 0.900 bits per heavy atom. The van der Waals surface area contributed by atoms with E-state index >= 15 is 0 Å². The maximum absolute atomic E-state index is 12.0. The van der Waals surface area contributed by atoms with Gasteiger partial charge in [0.05, 0.1) is 71.5 Å². The van der Waals surface area contributed by atoms with Crippen LogP contribution in [0.1, 0.15) is 32.1 Å². The first kappa shape index (κ1) is 32.0. The van der Waals surface area contributed by atoms with Gasteiger partial charge in [0.25, 0.3) is 0 Å². The first-order valence-corrected chi connectivity index (χ1v) is 14.8. The number of thioether (sulfide) groups is 1. The van der Waals surface area contributed by atoms with E-state index in [1.54, 1.807) is 0 Å². The van der Waals surface area contributed by atoms with Crippen LogP contribution in [0.3, 0.4) is 0 Å². The summed E-state index contributed by atoms with van der Waals surface area (Å²) in [6.07, 6.45) is 3.46. The van der Waals surface area contributed by atoms with Crippen LogP contribution in [0.4, 0.5) is 4.79 Å². The zero-order valence-corrected chi connectivity index (χ0v) is 23.6. The Labute approximate surface area is 238 Å². The van der Waals surface area contributed by atoms with Gasteiger partial charge in [-0.15, -0.1) is 0 Å². The zero-order chi connectivity index (χ0) is 28.6. The summed E-state index contributed by atoms with van der Waals surface area (Å²) < 4.78 is 22.8. The Bertz CT molecular complexity index is 912. The number of carbonyl (C=O) groups excluding carboxylic acids is 3. The van der Waals surface area contributed by atoms with E-state index in [2.05, 4.69) is 16.0 Å². The highest BCUT2D eigenvalue weighted by Gasteiger charge is 2.42. The van der Waals surface area contributed by atoms with Crippen LogP contribution < -0.4 is 16.0 Å². The third kappa shape index (κ3) is 11.5. The van der Waals surface area contributed by atoms with Gasteiger partial charge in [0.15, 0.2) is 17.5 Å². The van der Waals surface area contributed by atoms with Gasteiger partial charge in [0, 0.05) is 42.5 Å². The van der Waals surface area contributed by atoms with E-state index in [0.717, 1.165) is 29.6 Å². The second kappa shape index (κ2) is 18.0. The van der Waals surface area contributed by atoms with E-state index in [1.807, 2.05) is 11.8 Å². The standard InChI is InChI=1S/C26H42N4O9S/c31-19(17-30-23(33)5-6-24(30)34)7-9-36-11-13-38-15-16-39-14-12-37-10-8-27-22(32)4-2-1-3-21-25-20(18-40-21)28-26(35)29-25/h5-6,20-21,25,33-34H,1-4,7-18H2,(H,27,32)(H2,28,29,35)/t20-,21-,25-/m0/s1. The molecule has 226 valence electrons. The van der Waals surface area contributed by atoms with Gasteiger partial charge in [-0.3, -0.25) is 14.2 Å². The van der Waals surface area contributed by atoms with Crippen molar-refractivity contribution in [3.63, 3.8) is 0 Å². The largest absolute Gasteiger partial charge is 0.494 e.